The topological polar surface area (TPSA) is 24.1 Å². The zero-order valence-electron chi connectivity index (χ0n) is 10.1. The summed E-state index contributed by atoms with van der Waals surface area (Å²) in [5.74, 6) is 2.42. The molecule has 1 aliphatic heterocycles. The zero-order chi connectivity index (χ0) is 10.6. The van der Waals surface area contributed by atoms with Gasteiger partial charge in [0.2, 0.25) is 0 Å². The number of nitrogens with one attached hydrogen (secondary N) is 2. The van der Waals surface area contributed by atoms with Crippen molar-refractivity contribution in [2.75, 3.05) is 19.6 Å². The maximum Gasteiger partial charge on any atom is 0.0218 e. The Morgan fingerprint density at radius 2 is 2.07 bits per heavy atom. The summed E-state index contributed by atoms with van der Waals surface area (Å²) >= 11 is 0. The van der Waals surface area contributed by atoms with E-state index in [2.05, 4.69) is 38.3 Å². The van der Waals surface area contributed by atoms with E-state index in [0.29, 0.717) is 6.04 Å². The first-order chi connectivity index (χ1) is 6.61. The van der Waals surface area contributed by atoms with Crippen LogP contribution in [0.3, 0.4) is 0 Å². The van der Waals surface area contributed by atoms with Crippen LogP contribution in [0.4, 0.5) is 0 Å². The van der Waals surface area contributed by atoms with Gasteiger partial charge in [-0.15, -0.1) is 0 Å². The summed E-state index contributed by atoms with van der Waals surface area (Å²) in [5.41, 5.74) is 0. The Balaban J connectivity index is 2.09. The maximum atomic E-state index is 3.58. The highest BCUT2D eigenvalue weighted by Crippen LogP contribution is 2.13. The molecular weight excluding hydrogens is 172 g/mol. The highest BCUT2D eigenvalue weighted by Gasteiger charge is 2.22. The van der Waals surface area contributed by atoms with Crippen molar-refractivity contribution in [3.05, 3.63) is 0 Å². The smallest absolute Gasteiger partial charge is 0.0218 e. The largest absolute Gasteiger partial charge is 0.315 e. The standard InChI is InChI=1S/C12H26N2/c1-9(2)11(4)7-13-8-12-10(3)5-6-14-12/h9-14H,5-8H2,1-4H3. The fraction of sp³-hybridized carbons (Fsp3) is 1.00. The Labute approximate surface area is 88.8 Å². The van der Waals surface area contributed by atoms with Crippen LogP contribution >= 0.6 is 0 Å². The van der Waals surface area contributed by atoms with Gasteiger partial charge in [0.25, 0.3) is 0 Å². The maximum absolute atomic E-state index is 3.58. The Morgan fingerprint density at radius 3 is 2.57 bits per heavy atom. The van der Waals surface area contributed by atoms with Gasteiger partial charge >= 0.3 is 0 Å². The number of hydrogen-bond donors (Lipinski definition) is 2. The fourth-order valence-corrected chi connectivity index (χ4v) is 1.87. The second-order valence-electron chi connectivity index (χ2n) is 5.21. The van der Waals surface area contributed by atoms with Crippen molar-refractivity contribution in [2.45, 2.75) is 40.2 Å². The van der Waals surface area contributed by atoms with E-state index < -0.39 is 0 Å². The van der Waals surface area contributed by atoms with Gasteiger partial charge in [0, 0.05) is 12.6 Å². The van der Waals surface area contributed by atoms with E-state index in [9.17, 15) is 0 Å². The molecule has 0 aromatic heterocycles. The molecule has 1 rings (SSSR count). The van der Waals surface area contributed by atoms with E-state index in [1.807, 2.05) is 0 Å². The van der Waals surface area contributed by atoms with Crippen molar-refractivity contribution in [1.82, 2.24) is 10.6 Å². The molecule has 2 heteroatoms. The quantitative estimate of drug-likeness (QED) is 0.704. The van der Waals surface area contributed by atoms with Gasteiger partial charge in [-0.1, -0.05) is 27.7 Å². The van der Waals surface area contributed by atoms with E-state index in [-0.39, 0.29) is 0 Å². The molecule has 3 unspecified atom stereocenters. The molecule has 0 spiro atoms. The van der Waals surface area contributed by atoms with Crippen LogP contribution in [0.15, 0.2) is 0 Å². The first-order valence-electron chi connectivity index (χ1n) is 6.05. The SMILES string of the molecule is CC(C)C(C)CNCC1NCCC1C. The highest BCUT2D eigenvalue weighted by molar-refractivity contribution is 4.82. The lowest BCUT2D eigenvalue weighted by atomic mass is 9.98. The van der Waals surface area contributed by atoms with E-state index in [4.69, 9.17) is 0 Å². The molecule has 0 radical (unpaired) electrons. The fourth-order valence-electron chi connectivity index (χ4n) is 1.87. The Kier molecular flexibility index (Phi) is 4.90. The molecule has 84 valence electrons. The van der Waals surface area contributed by atoms with Crippen LogP contribution in [0.5, 0.6) is 0 Å². The third-order valence-electron chi connectivity index (χ3n) is 3.66. The molecule has 2 N–H and O–H groups in total. The second kappa shape index (κ2) is 5.72. The monoisotopic (exact) mass is 198 g/mol. The van der Waals surface area contributed by atoms with Crippen molar-refractivity contribution < 1.29 is 0 Å². The molecule has 1 heterocycles. The molecule has 2 nitrogen and oxygen atoms in total. The minimum Gasteiger partial charge on any atom is -0.315 e. The summed E-state index contributed by atoms with van der Waals surface area (Å²) in [6.45, 7) is 12.8. The van der Waals surface area contributed by atoms with E-state index in [1.54, 1.807) is 0 Å². The minimum atomic E-state index is 0.703. The van der Waals surface area contributed by atoms with Crippen molar-refractivity contribution in [1.29, 1.82) is 0 Å². The molecule has 1 saturated heterocycles. The number of rotatable bonds is 5. The van der Waals surface area contributed by atoms with Crippen LogP contribution in [0.2, 0.25) is 0 Å². The molecule has 0 aromatic rings. The first kappa shape index (κ1) is 12.0. The van der Waals surface area contributed by atoms with E-state index in [1.165, 1.54) is 13.0 Å². The van der Waals surface area contributed by atoms with Crippen LogP contribution in [-0.2, 0) is 0 Å². The summed E-state index contributed by atoms with van der Waals surface area (Å²) in [7, 11) is 0. The molecule has 0 amide bonds. The lowest BCUT2D eigenvalue weighted by Crippen LogP contribution is -2.39. The third kappa shape index (κ3) is 3.58. The predicted octanol–water partition coefficient (Wildman–Crippen LogP) is 1.87. The second-order valence-corrected chi connectivity index (χ2v) is 5.21. The van der Waals surface area contributed by atoms with Crippen LogP contribution < -0.4 is 10.6 Å². The average molecular weight is 198 g/mol. The van der Waals surface area contributed by atoms with Crippen LogP contribution in [0.1, 0.15) is 34.1 Å². The molecule has 14 heavy (non-hydrogen) atoms. The lowest BCUT2D eigenvalue weighted by molar-refractivity contribution is 0.369. The minimum absolute atomic E-state index is 0.703. The molecule has 3 atom stereocenters. The highest BCUT2D eigenvalue weighted by atomic mass is 15.0. The number of hydrogen-bond acceptors (Lipinski definition) is 2. The van der Waals surface area contributed by atoms with Gasteiger partial charge in [-0.3, -0.25) is 0 Å². The molecule has 1 aliphatic rings. The summed E-state index contributed by atoms with van der Waals surface area (Å²) in [4.78, 5) is 0. The molecular formula is C12H26N2. The van der Waals surface area contributed by atoms with E-state index in [0.717, 1.165) is 30.8 Å². The molecule has 0 aromatic carbocycles. The van der Waals surface area contributed by atoms with Gasteiger partial charge in [-0.25, -0.2) is 0 Å². The van der Waals surface area contributed by atoms with Crippen LogP contribution in [0, 0.1) is 17.8 Å². The molecule has 0 saturated carbocycles. The van der Waals surface area contributed by atoms with Crippen molar-refractivity contribution in [2.24, 2.45) is 17.8 Å². The summed E-state index contributed by atoms with van der Waals surface area (Å²) in [5, 5.41) is 7.12. The average Bonchev–Trinajstić information content (AvgIpc) is 2.51. The van der Waals surface area contributed by atoms with Gasteiger partial charge in [0.05, 0.1) is 0 Å². The molecule has 1 fully saturated rings. The van der Waals surface area contributed by atoms with Crippen LogP contribution in [0.25, 0.3) is 0 Å². The van der Waals surface area contributed by atoms with Gasteiger partial charge in [0.15, 0.2) is 0 Å². The van der Waals surface area contributed by atoms with Gasteiger partial charge < -0.3 is 10.6 Å². The Hall–Kier alpha value is -0.0800. The third-order valence-corrected chi connectivity index (χ3v) is 3.66. The van der Waals surface area contributed by atoms with Gasteiger partial charge in [-0.05, 0) is 37.3 Å². The Bertz CT molecular complexity index is 156. The predicted molar refractivity (Wildman–Crippen MR) is 62.4 cm³/mol. The van der Waals surface area contributed by atoms with Crippen LogP contribution in [-0.4, -0.2) is 25.7 Å². The first-order valence-corrected chi connectivity index (χ1v) is 6.05. The normalized spacial score (nSPS) is 29.8. The van der Waals surface area contributed by atoms with Crippen molar-refractivity contribution >= 4 is 0 Å². The van der Waals surface area contributed by atoms with E-state index >= 15 is 0 Å². The van der Waals surface area contributed by atoms with Gasteiger partial charge in [-0.2, -0.15) is 0 Å². The van der Waals surface area contributed by atoms with Crippen molar-refractivity contribution in [3.63, 3.8) is 0 Å². The molecule has 0 aliphatic carbocycles. The summed E-state index contributed by atoms with van der Waals surface area (Å²) < 4.78 is 0. The zero-order valence-corrected chi connectivity index (χ0v) is 10.1. The summed E-state index contributed by atoms with van der Waals surface area (Å²) in [6, 6.07) is 0.703. The molecule has 0 bridgehead atoms. The summed E-state index contributed by atoms with van der Waals surface area (Å²) in [6.07, 6.45) is 1.34. The van der Waals surface area contributed by atoms with Gasteiger partial charge in [0.1, 0.15) is 0 Å². The van der Waals surface area contributed by atoms with Crippen molar-refractivity contribution in [3.8, 4) is 0 Å². The Morgan fingerprint density at radius 1 is 1.36 bits per heavy atom. The lowest BCUT2D eigenvalue weighted by Gasteiger charge is -2.20.